The van der Waals surface area contributed by atoms with Crippen LogP contribution in [0.2, 0.25) is 0 Å². The van der Waals surface area contributed by atoms with Gasteiger partial charge in [0.1, 0.15) is 4.90 Å². The van der Waals surface area contributed by atoms with Crippen molar-refractivity contribution in [3.63, 3.8) is 0 Å². The molecule has 4 rings (SSSR count). The molecule has 0 atom stereocenters. The molecule has 2 heterocycles. The normalized spacial score (nSPS) is 23.9. The SMILES string of the molecule is CC1CCC(NC(=O)c2nc3n(n2)-c2ccccc2S(=O)(=O)N3)CC1. The maximum Gasteiger partial charge on any atom is 0.291 e. The number of aromatic nitrogens is 3. The second-order valence-electron chi connectivity index (χ2n) is 6.67. The Hall–Kier alpha value is -2.42. The third-order valence-corrected chi connectivity index (χ3v) is 6.15. The van der Waals surface area contributed by atoms with E-state index in [0.29, 0.717) is 11.6 Å². The lowest BCUT2D eigenvalue weighted by Gasteiger charge is -2.26. The Morgan fingerprint density at radius 3 is 2.72 bits per heavy atom. The van der Waals surface area contributed by atoms with Gasteiger partial charge in [0.25, 0.3) is 15.9 Å². The fourth-order valence-corrected chi connectivity index (χ4v) is 4.50. The van der Waals surface area contributed by atoms with E-state index in [2.05, 4.69) is 27.0 Å². The second-order valence-corrected chi connectivity index (χ2v) is 8.33. The molecule has 9 heteroatoms. The van der Waals surface area contributed by atoms with Gasteiger partial charge >= 0.3 is 0 Å². The molecule has 1 saturated carbocycles. The van der Waals surface area contributed by atoms with Gasteiger partial charge in [0.05, 0.1) is 5.69 Å². The number of amides is 1. The predicted molar refractivity (Wildman–Crippen MR) is 91.1 cm³/mol. The van der Waals surface area contributed by atoms with Crippen LogP contribution in [0.15, 0.2) is 29.2 Å². The summed E-state index contributed by atoms with van der Waals surface area (Å²) in [4.78, 5) is 16.6. The number of para-hydroxylation sites is 1. The lowest BCUT2D eigenvalue weighted by atomic mass is 9.87. The maximum atomic E-state index is 12.5. The summed E-state index contributed by atoms with van der Waals surface area (Å²) in [6.07, 6.45) is 4.06. The van der Waals surface area contributed by atoms with Gasteiger partial charge in [-0.15, -0.1) is 5.10 Å². The van der Waals surface area contributed by atoms with Gasteiger partial charge in [0, 0.05) is 6.04 Å². The zero-order valence-electron chi connectivity index (χ0n) is 13.8. The molecule has 0 spiro atoms. The molecular weight excluding hydrogens is 342 g/mol. The third kappa shape index (κ3) is 2.88. The number of hydrogen-bond donors (Lipinski definition) is 2. The molecule has 0 saturated heterocycles. The zero-order valence-corrected chi connectivity index (χ0v) is 14.6. The first-order valence-corrected chi connectivity index (χ1v) is 9.82. The smallest absolute Gasteiger partial charge is 0.291 e. The number of rotatable bonds is 2. The van der Waals surface area contributed by atoms with Gasteiger partial charge in [-0.25, -0.2) is 13.1 Å². The van der Waals surface area contributed by atoms with E-state index >= 15 is 0 Å². The molecule has 132 valence electrons. The molecule has 0 bridgehead atoms. The van der Waals surface area contributed by atoms with Crippen molar-refractivity contribution in [2.24, 2.45) is 5.92 Å². The van der Waals surface area contributed by atoms with Crippen molar-refractivity contribution >= 4 is 21.9 Å². The molecule has 1 aliphatic carbocycles. The summed E-state index contributed by atoms with van der Waals surface area (Å²) in [6.45, 7) is 2.21. The Labute approximate surface area is 145 Å². The quantitative estimate of drug-likeness (QED) is 0.847. The summed E-state index contributed by atoms with van der Waals surface area (Å²) in [5.41, 5.74) is 0.384. The number of nitrogens with one attached hydrogen (secondary N) is 2. The standard InChI is InChI=1S/C16H19N5O3S/c1-10-6-8-11(9-7-10)17-15(22)14-18-16-20-25(23,24)13-5-3-2-4-12(13)21(16)19-14/h2-5,10-11H,6-9H2,1H3,(H,17,22)(H,18,19,20). The molecule has 1 amide bonds. The molecule has 1 aliphatic heterocycles. The van der Waals surface area contributed by atoms with Crippen molar-refractivity contribution in [2.75, 3.05) is 4.72 Å². The van der Waals surface area contributed by atoms with Gasteiger partial charge in [-0.05, 0) is 43.7 Å². The van der Waals surface area contributed by atoms with Crippen LogP contribution in [0.1, 0.15) is 43.2 Å². The minimum atomic E-state index is -3.71. The number of sulfonamides is 1. The van der Waals surface area contributed by atoms with Gasteiger partial charge in [-0.3, -0.25) is 4.79 Å². The van der Waals surface area contributed by atoms with Crippen LogP contribution in [0.4, 0.5) is 5.95 Å². The predicted octanol–water partition coefficient (Wildman–Crippen LogP) is 1.69. The van der Waals surface area contributed by atoms with Crippen LogP contribution < -0.4 is 10.0 Å². The van der Waals surface area contributed by atoms with Crippen molar-refractivity contribution in [3.05, 3.63) is 30.1 Å². The first-order valence-electron chi connectivity index (χ1n) is 8.34. The maximum absolute atomic E-state index is 12.5. The average Bonchev–Trinajstić information content (AvgIpc) is 3.00. The van der Waals surface area contributed by atoms with Crippen LogP contribution in [0, 0.1) is 5.92 Å². The summed E-state index contributed by atoms with van der Waals surface area (Å²) in [7, 11) is -3.71. The summed E-state index contributed by atoms with van der Waals surface area (Å²) < 4.78 is 28.3. The summed E-state index contributed by atoms with van der Waals surface area (Å²) in [5.74, 6) is 0.310. The van der Waals surface area contributed by atoms with Crippen molar-refractivity contribution in [3.8, 4) is 5.69 Å². The fourth-order valence-electron chi connectivity index (χ4n) is 3.33. The number of anilines is 1. The van der Waals surface area contributed by atoms with Gasteiger partial charge in [0.15, 0.2) is 0 Å². The molecular formula is C16H19N5O3S. The van der Waals surface area contributed by atoms with E-state index in [1.54, 1.807) is 18.2 Å². The minimum absolute atomic E-state index is 0.0288. The van der Waals surface area contributed by atoms with Gasteiger partial charge in [0.2, 0.25) is 11.8 Å². The minimum Gasteiger partial charge on any atom is -0.347 e. The molecule has 1 fully saturated rings. The Kier molecular flexibility index (Phi) is 3.75. The summed E-state index contributed by atoms with van der Waals surface area (Å²) in [6, 6.07) is 6.60. The van der Waals surface area contributed by atoms with Crippen LogP contribution in [0.25, 0.3) is 5.69 Å². The Morgan fingerprint density at radius 1 is 1.24 bits per heavy atom. The number of nitrogens with zero attached hydrogens (tertiary/aromatic N) is 3. The average molecular weight is 361 g/mol. The lowest BCUT2D eigenvalue weighted by Crippen LogP contribution is -2.37. The van der Waals surface area contributed by atoms with Crippen molar-refractivity contribution in [1.82, 2.24) is 20.1 Å². The highest BCUT2D eigenvalue weighted by molar-refractivity contribution is 7.92. The second kappa shape index (κ2) is 5.83. The molecule has 1 aromatic heterocycles. The van der Waals surface area contributed by atoms with Crippen LogP contribution in [-0.4, -0.2) is 35.1 Å². The Morgan fingerprint density at radius 2 is 1.96 bits per heavy atom. The highest BCUT2D eigenvalue weighted by Gasteiger charge is 2.31. The number of carbonyl (C=O) groups excluding carboxylic acids is 1. The van der Waals surface area contributed by atoms with Gasteiger partial charge in [-0.2, -0.15) is 9.67 Å². The Bertz CT molecular complexity index is 929. The first-order chi connectivity index (χ1) is 11.9. The van der Waals surface area contributed by atoms with E-state index < -0.39 is 10.0 Å². The zero-order chi connectivity index (χ0) is 17.6. The molecule has 25 heavy (non-hydrogen) atoms. The molecule has 0 unspecified atom stereocenters. The third-order valence-electron chi connectivity index (χ3n) is 4.77. The van der Waals surface area contributed by atoms with E-state index in [1.165, 1.54) is 10.7 Å². The van der Waals surface area contributed by atoms with Crippen LogP contribution in [0.5, 0.6) is 0 Å². The topological polar surface area (TPSA) is 106 Å². The Balaban J connectivity index is 1.61. The summed E-state index contributed by atoms with van der Waals surface area (Å²) >= 11 is 0. The van der Waals surface area contributed by atoms with Crippen molar-refractivity contribution < 1.29 is 13.2 Å². The molecule has 2 N–H and O–H groups in total. The van der Waals surface area contributed by atoms with Crippen molar-refractivity contribution in [2.45, 2.75) is 43.5 Å². The van der Waals surface area contributed by atoms with Crippen LogP contribution >= 0.6 is 0 Å². The number of carbonyl (C=O) groups is 1. The number of hydrogen-bond acceptors (Lipinski definition) is 5. The summed E-state index contributed by atoms with van der Waals surface area (Å²) in [5, 5.41) is 7.16. The van der Waals surface area contributed by atoms with Gasteiger partial charge in [-0.1, -0.05) is 19.1 Å². The first kappa shape index (κ1) is 16.1. The highest BCUT2D eigenvalue weighted by Crippen LogP contribution is 2.29. The van der Waals surface area contributed by atoms with Crippen molar-refractivity contribution in [1.29, 1.82) is 0 Å². The molecule has 2 aromatic rings. The molecule has 8 nitrogen and oxygen atoms in total. The van der Waals surface area contributed by atoms with Crippen LogP contribution in [-0.2, 0) is 10.0 Å². The van der Waals surface area contributed by atoms with Gasteiger partial charge < -0.3 is 5.32 Å². The van der Waals surface area contributed by atoms with E-state index in [-0.39, 0.29) is 28.6 Å². The van der Waals surface area contributed by atoms with Crippen LogP contribution in [0.3, 0.4) is 0 Å². The molecule has 0 radical (unpaired) electrons. The number of fused-ring (bicyclic) bond motifs is 3. The van der Waals surface area contributed by atoms with E-state index in [9.17, 15) is 13.2 Å². The largest absolute Gasteiger partial charge is 0.347 e. The fraction of sp³-hybridized carbons (Fsp3) is 0.438. The van der Waals surface area contributed by atoms with E-state index in [1.807, 2.05) is 0 Å². The monoisotopic (exact) mass is 361 g/mol. The molecule has 1 aromatic carbocycles. The number of benzene rings is 1. The molecule has 2 aliphatic rings. The van der Waals surface area contributed by atoms with E-state index in [0.717, 1.165) is 25.7 Å². The lowest BCUT2D eigenvalue weighted by molar-refractivity contribution is 0.0912. The highest BCUT2D eigenvalue weighted by atomic mass is 32.2. The van der Waals surface area contributed by atoms with E-state index in [4.69, 9.17) is 0 Å².